The number of aromatic amines is 1. The van der Waals surface area contributed by atoms with Crippen LogP contribution in [0.1, 0.15) is 155 Å². The van der Waals surface area contributed by atoms with E-state index in [2.05, 4.69) is 38.2 Å². The first kappa shape index (κ1) is 61.5. The van der Waals surface area contributed by atoms with Crippen molar-refractivity contribution < 1.29 is 64.1 Å². The number of hydrogen-bond acceptors (Lipinski definition) is 13. The predicted octanol–water partition coefficient (Wildman–Crippen LogP) is 4.38. The average molecular weight is 970 g/mol. The number of rotatable bonds is 48. The van der Waals surface area contributed by atoms with E-state index in [9.17, 15) is 43.8 Å². The summed E-state index contributed by atoms with van der Waals surface area (Å²) in [6, 6.07) is -1.95. The average Bonchev–Trinajstić information content (AvgIpc) is 3.83. The largest absolute Gasteiger partial charge is 0.481 e. The molecule has 20 heteroatoms. The number of ether oxygens (including phenoxy) is 4. The monoisotopic (exact) mass is 970 g/mol. The molecule has 392 valence electrons. The number of unbranched alkanes of at least 4 members (excludes halogenated alkanes) is 15. The predicted molar refractivity (Wildman–Crippen MR) is 258 cm³/mol. The van der Waals surface area contributed by atoms with Crippen LogP contribution in [0.5, 0.6) is 0 Å². The smallest absolute Gasteiger partial charge is 0.326 e. The standard InChI is InChI=1S/C48H85N7O13.H2/c1-2-3-4-5-6-7-8-9-10-11-12-13-14-15-16-20-44(58)55-41(48(63)64)21-22-43(57)52-24-26-65-28-31-68-36-46(60)53-25-27-66-29-30-67-35-45(59)51-23-18-17-19-38(47(61)62)32-42(56)40(49)33-39-34-50-37-54-39;/h34,37-38,40-41H,2-33,35-36,49H2,1H3,(H,50,54)(H,51,59)(H,52,57)(H,53,60)(H,55,58)(H,61,62)(H,63,64);1H/t38-,40+,41+;/m1./s1. The molecule has 68 heavy (non-hydrogen) atoms. The first-order valence-corrected chi connectivity index (χ1v) is 25.0. The van der Waals surface area contributed by atoms with Gasteiger partial charge in [0.05, 0.1) is 57.9 Å². The molecule has 0 saturated heterocycles. The van der Waals surface area contributed by atoms with Crippen LogP contribution in [0.15, 0.2) is 12.5 Å². The van der Waals surface area contributed by atoms with Gasteiger partial charge >= 0.3 is 11.9 Å². The second kappa shape index (κ2) is 42.6. The highest BCUT2D eigenvalue weighted by Crippen LogP contribution is 2.16. The summed E-state index contributed by atoms with van der Waals surface area (Å²) >= 11 is 0. The Hall–Kier alpha value is -4.50. The van der Waals surface area contributed by atoms with Crippen molar-refractivity contribution in [3.63, 3.8) is 0 Å². The minimum Gasteiger partial charge on any atom is -0.481 e. The van der Waals surface area contributed by atoms with Gasteiger partial charge in [0, 0.05) is 58.6 Å². The summed E-state index contributed by atoms with van der Waals surface area (Å²) in [4.78, 5) is 91.1. The Bertz CT molecular complexity index is 1510. The summed E-state index contributed by atoms with van der Waals surface area (Å²) in [5.74, 6) is -4.76. The maximum absolute atomic E-state index is 12.4. The summed E-state index contributed by atoms with van der Waals surface area (Å²) < 4.78 is 21.4. The fourth-order valence-corrected chi connectivity index (χ4v) is 7.14. The van der Waals surface area contributed by atoms with E-state index in [0.717, 1.165) is 19.3 Å². The lowest BCUT2D eigenvalue weighted by molar-refractivity contribution is -0.144. The number of nitrogens with zero attached hydrogens (tertiary/aromatic N) is 1. The molecule has 4 amide bonds. The number of Topliss-reactive ketones (excluding diaryl/α,β-unsaturated/α-hetero) is 1. The number of carbonyl (C=O) groups excluding carboxylic acids is 5. The van der Waals surface area contributed by atoms with E-state index in [4.69, 9.17) is 24.7 Å². The van der Waals surface area contributed by atoms with Crippen LogP contribution in [0.3, 0.4) is 0 Å². The maximum atomic E-state index is 12.4. The number of nitrogens with one attached hydrogen (secondary N) is 5. The zero-order valence-corrected chi connectivity index (χ0v) is 40.8. The third-order valence-electron chi connectivity index (χ3n) is 11.2. The summed E-state index contributed by atoms with van der Waals surface area (Å²) in [5, 5.41) is 29.6. The molecule has 0 unspecified atom stereocenters. The van der Waals surface area contributed by atoms with Crippen molar-refractivity contribution in [3.05, 3.63) is 18.2 Å². The fourth-order valence-electron chi connectivity index (χ4n) is 7.14. The number of hydrogen-bond donors (Lipinski definition) is 8. The van der Waals surface area contributed by atoms with Crippen molar-refractivity contribution in [2.75, 3.05) is 72.5 Å². The van der Waals surface area contributed by atoms with E-state index in [1.807, 2.05) is 0 Å². The van der Waals surface area contributed by atoms with Crippen LogP contribution < -0.4 is 27.0 Å². The molecule has 0 fully saturated rings. The molecule has 1 aromatic rings. The van der Waals surface area contributed by atoms with Crippen molar-refractivity contribution in [1.29, 1.82) is 0 Å². The molecular weight excluding hydrogens is 883 g/mol. The summed E-state index contributed by atoms with van der Waals surface area (Å²) in [6.07, 6.45) is 23.0. The quantitative estimate of drug-likeness (QED) is 0.0421. The topological polar surface area (TPSA) is 300 Å². The molecule has 0 bridgehead atoms. The van der Waals surface area contributed by atoms with E-state index in [1.165, 1.54) is 77.0 Å². The number of carboxylic acids is 2. The highest BCUT2D eigenvalue weighted by Gasteiger charge is 2.25. The highest BCUT2D eigenvalue weighted by atomic mass is 16.5. The summed E-state index contributed by atoms with van der Waals surface area (Å²) in [7, 11) is 0. The molecular formula is C48H87N7O13. The molecule has 0 spiro atoms. The van der Waals surface area contributed by atoms with Gasteiger partial charge in [-0.15, -0.1) is 0 Å². The third kappa shape index (κ3) is 36.5. The number of carbonyl (C=O) groups is 7. The van der Waals surface area contributed by atoms with Crippen LogP contribution in [0.2, 0.25) is 0 Å². The van der Waals surface area contributed by atoms with E-state index in [0.29, 0.717) is 31.5 Å². The Kier molecular flexibility index (Phi) is 38.5. The molecule has 20 nitrogen and oxygen atoms in total. The van der Waals surface area contributed by atoms with E-state index < -0.39 is 29.9 Å². The molecule has 1 heterocycles. The minimum atomic E-state index is -1.18. The maximum Gasteiger partial charge on any atom is 0.326 e. The van der Waals surface area contributed by atoms with Gasteiger partial charge in [-0.2, -0.15) is 0 Å². The number of H-pyrrole nitrogens is 1. The van der Waals surface area contributed by atoms with Gasteiger partial charge in [0.2, 0.25) is 23.6 Å². The molecule has 1 aromatic heterocycles. The Morgan fingerprint density at radius 3 is 1.63 bits per heavy atom. The van der Waals surface area contributed by atoms with Gasteiger partial charge in [-0.05, 0) is 25.7 Å². The normalized spacial score (nSPS) is 12.5. The molecule has 0 radical (unpaired) electrons. The second-order valence-corrected chi connectivity index (χ2v) is 17.2. The van der Waals surface area contributed by atoms with E-state index >= 15 is 0 Å². The van der Waals surface area contributed by atoms with E-state index in [-0.39, 0.29) is 135 Å². The zero-order chi connectivity index (χ0) is 49.9. The molecule has 0 aromatic carbocycles. The molecule has 0 aliphatic heterocycles. The number of ketones is 1. The van der Waals surface area contributed by atoms with Crippen molar-refractivity contribution >= 4 is 41.4 Å². The summed E-state index contributed by atoms with van der Waals surface area (Å²) in [6.45, 7) is 3.80. The number of amides is 4. The van der Waals surface area contributed by atoms with Gasteiger partial charge in [0.1, 0.15) is 19.3 Å². The van der Waals surface area contributed by atoms with Crippen LogP contribution in [0, 0.1) is 5.92 Å². The Morgan fingerprint density at radius 1 is 0.603 bits per heavy atom. The van der Waals surface area contributed by atoms with Gasteiger partial charge in [0.15, 0.2) is 5.78 Å². The number of imidazole rings is 1. The molecule has 3 atom stereocenters. The van der Waals surface area contributed by atoms with Crippen molar-refractivity contribution in [1.82, 2.24) is 31.2 Å². The van der Waals surface area contributed by atoms with Crippen LogP contribution in [0.4, 0.5) is 0 Å². The lowest BCUT2D eigenvalue weighted by Crippen LogP contribution is -2.41. The van der Waals surface area contributed by atoms with Gasteiger partial charge in [-0.25, -0.2) is 9.78 Å². The van der Waals surface area contributed by atoms with Gasteiger partial charge in [0.25, 0.3) is 0 Å². The van der Waals surface area contributed by atoms with Crippen LogP contribution in [-0.4, -0.2) is 146 Å². The highest BCUT2D eigenvalue weighted by molar-refractivity contribution is 5.88. The Morgan fingerprint density at radius 2 is 1.12 bits per heavy atom. The minimum absolute atomic E-state index is 0. The van der Waals surface area contributed by atoms with Crippen LogP contribution in [0.25, 0.3) is 0 Å². The van der Waals surface area contributed by atoms with Gasteiger partial charge in [-0.1, -0.05) is 103 Å². The van der Waals surface area contributed by atoms with Crippen molar-refractivity contribution in [3.8, 4) is 0 Å². The van der Waals surface area contributed by atoms with Crippen LogP contribution >= 0.6 is 0 Å². The molecule has 0 aliphatic carbocycles. The van der Waals surface area contributed by atoms with Crippen molar-refractivity contribution in [2.24, 2.45) is 11.7 Å². The zero-order valence-electron chi connectivity index (χ0n) is 40.8. The molecule has 9 N–H and O–H groups in total. The lowest BCUT2D eigenvalue weighted by atomic mass is 9.92. The molecule has 0 saturated carbocycles. The Balaban J connectivity index is 0.0000462. The third-order valence-corrected chi connectivity index (χ3v) is 11.2. The van der Waals surface area contributed by atoms with Crippen LogP contribution in [-0.2, 0) is 58.9 Å². The Labute approximate surface area is 404 Å². The van der Waals surface area contributed by atoms with E-state index in [1.54, 1.807) is 6.20 Å². The fraction of sp³-hybridized carbons (Fsp3) is 0.792. The molecule has 0 aliphatic rings. The van der Waals surface area contributed by atoms with Crippen molar-refractivity contribution in [2.45, 2.75) is 167 Å². The SMILES string of the molecule is CCCCCCCCCCCCCCCCCC(=O)N[C@@H](CCC(=O)NCCOCCOCC(=O)NCCOCCOCC(=O)NCCCC[C@H](CC(=O)[C@@H](N)Cc1cnc[nH]1)C(=O)O)C(=O)O.[HH]. The lowest BCUT2D eigenvalue weighted by Gasteiger charge is -2.15. The molecule has 1 rings (SSSR count). The first-order chi connectivity index (χ1) is 32.9. The number of carboxylic acid groups (broad SMARTS) is 2. The summed E-state index contributed by atoms with van der Waals surface area (Å²) in [5.41, 5.74) is 6.63. The number of aliphatic carboxylic acids is 2. The number of aromatic nitrogens is 2. The van der Waals surface area contributed by atoms with Gasteiger partial charge < -0.3 is 61.1 Å². The number of nitrogens with two attached hydrogens (primary N) is 1. The second-order valence-electron chi connectivity index (χ2n) is 17.2. The first-order valence-electron chi connectivity index (χ1n) is 25.0. The van der Waals surface area contributed by atoms with Gasteiger partial charge in [-0.3, -0.25) is 28.8 Å².